The summed E-state index contributed by atoms with van der Waals surface area (Å²) in [5, 5.41) is 0. The van der Waals surface area contributed by atoms with Crippen LogP contribution < -0.4 is 24.4 Å². The van der Waals surface area contributed by atoms with Gasteiger partial charge in [-0.25, -0.2) is 9.79 Å². The monoisotopic (exact) mass is 644 g/mol. The fourth-order valence-corrected chi connectivity index (χ4v) is 6.38. The number of furan rings is 1. The number of alkyl halides is 3. The van der Waals surface area contributed by atoms with Gasteiger partial charge in [-0.15, -0.1) is 0 Å². The highest BCUT2D eigenvalue weighted by Crippen LogP contribution is 2.40. The second-order valence-corrected chi connectivity index (χ2v) is 11.3. The van der Waals surface area contributed by atoms with Crippen LogP contribution in [0.2, 0.25) is 0 Å². The normalized spacial score (nSPS) is 15.9. The maximum absolute atomic E-state index is 14.1. The minimum absolute atomic E-state index is 0.0447. The first-order valence-corrected chi connectivity index (χ1v) is 15.0. The number of halogens is 3. The molecule has 8 nitrogen and oxygen atoms in total. The van der Waals surface area contributed by atoms with Crippen LogP contribution >= 0.6 is 11.3 Å². The van der Waals surface area contributed by atoms with Crippen molar-refractivity contribution in [1.82, 2.24) is 4.57 Å². The Bertz CT molecular complexity index is 2200. The van der Waals surface area contributed by atoms with Crippen molar-refractivity contribution in [3.8, 4) is 22.8 Å². The van der Waals surface area contributed by atoms with Crippen LogP contribution in [0.15, 0.2) is 105 Å². The molecule has 0 fully saturated rings. The highest BCUT2D eigenvalue weighted by atomic mass is 32.1. The number of aromatic nitrogens is 1. The minimum Gasteiger partial charge on any atom is -0.463 e. The van der Waals surface area contributed by atoms with Gasteiger partial charge in [-0.2, -0.15) is 13.2 Å². The minimum atomic E-state index is -4.50. The molecule has 3 aromatic carbocycles. The Labute approximate surface area is 262 Å². The first-order valence-electron chi connectivity index (χ1n) is 14.2. The third-order valence-electron chi connectivity index (χ3n) is 7.46. The van der Waals surface area contributed by atoms with Crippen LogP contribution in [0, 0.1) is 0 Å². The van der Waals surface area contributed by atoms with E-state index in [-0.39, 0.29) is 40.6 Å². The predicted molar refractivity (Wildman–Crippen MR) is 163 cm³/mol. The van der Waals surface area contributed by atoms with Crippen LogP contribution in [0.1, 0.15) is 35.4 Å². The van der Waals surface area contributed by atoms with E-state index in [1.807, 2.05) is 30.3 Å². The Morgan fingerprint density at radius 2 is 1.78 bits per heavy atom. The molecular formula is C34H23F3N2O6S. The molecule has 2 aromatic heterocycles. The summed E-state index contributed by atoms with van der Waals surface area (Å²) in [6.45, 7) is 1.85. The molecule has 0 N–H and O–H groups in total. The lowest BCUT2D eigenvalue weighted by Gasteiger charge is -2.26. The molecule has 46 heavy (non-hydrogen) atoms. The highest BCUT2D eigenvalue weighted by molar-refractivity contribution is 7.07. The molecule has 0 bridgehead atoms. The van der Waals surface area contributed by atoms with Gasteiger partial charge in [-0.05, 0) is 48.9 Å². The smallest absolute Gasteiger partial charge is 0.416 e. The van der Waals surface area contributed by atoms with E-state index in [9.17, 15) is 22.8 Å². The van der Waals surface area contributed by atoms with Crippen molar-refractivity contribution in [2.24, 2.45) is 4.99 Å². The van der Waals surface area contributed by atoms with E-state index in [1.165, 1.54) is 22.8 Å². The van der Waals surface area contributed by atoms with E-state index < -0.39 is 29.3 Å². The van der Waals surface area contributed by atoms with E-state index in [1.54, 1.807) is 37.3 Å². The number of hydrogen-bond acceptors (Lipinski definition) is 8. The standard InChI is InChI=1S/C34H23F3N2O6S/c1-2-42-32(41)28-29(19-7-4-3-5-8-19)38-33-39(30(28)21-11-13-25-26(16-21)44-18-43-25)31(40)27(46-33)17-23-12-14-24(45-23)20-9-6-10-22(15-20)34(35,36)37/h3-17,30H,2,18H2,1H3/b27-17+. The molecule has 0 saturated carbocycles. The molecule has 1 unspecified atom stereocenters. The summed E-state index contributed by atoms with van der Waals surface area (Å²) in [7, 11) is 0. The lowest BCUT2D eigenvalue weighted by atomic mass is 9.93. The molecule has 0 radical (unpaired) electrons. The topological polar surface area (TPSA) is 92.3 Å². The van der Waals surface area contributed by atoms with Crippen molar-refractivity contribution in [2.45, 2.75) is 19.1 Å². The van der Waals surface area contributed by atoms with Crippen LogP contribution in [-0.4, -0.2) is 23.9 Å². The fourth-order valence-electron chi connectivity index (χ4n) is 5.40. The van der Waals surface area contributed by atoms with Gasteiger partial charge >= 0.3 is 12.1 Å². The van der Waals surface area contributed by atoms with Crippen LogP contribution in [0.25, 0.3) is 23.1 Å². The van der Waals surface area contributed by atoms with Crippen molar-refractivity contribution < 1.29 is 36.6 Å². The van der Waals surface area contributed by atoms with Crippen molar-refractivity contribution >= 4 is 29.1 Å². The number of fused-ring (bicyclic) bond motifs is 2. The number of hydrogen-bond donors (Lipinski definition) is 0. The Hall–Kier alpha value is -5.36. The second kappa shape index (κ2) is 11.5. The van der Waals surface area contributed by atoms with Crippen LogP contribution in [-0.2, 0) is 15.7 Å². The first kappa shape index (κ1) is 29.4. The predicted octanol–water partition coefficient (Wildman–Crippen LogP) is 5.94. The molecule has 232 valence electrons. The van der Waals surface area contributed by atoms with E-state index in [0.717, 1.165) is 23.5 Å². The van der Waals surface area contributed by atoms with E-state index >= 15 is 0 Å². The van der Waals surface area contributed by atoms with Crippen molar-refractivity contribution in [2.75, 3.05) is 13.4 Å². The number of nitrogens with zero attached hydrogens (tertiary/aromatic N) is 2. The summed E-state index contributed by atoms with van der Waals surface area (Å²) in [6, 6.07) is 21.3. The molecular weight excluding hydrogens is 621 g/mol. The van der Waals surface area contributed by atoms with Crippen molar-refractivity contribution in [3.05, 3.63) is 133 Å². The Morgan fingerprint density at radius 3 is 2.57 bits per heavy atom. The maximum atomic E-state index is 14.1. The zero-order valence-electron chi connectivity index (χ0n) is 24.0. The van der Waals surface area contributed by atoms with Gasteiger partial charge < -0.3 is 18.6 Å². The average molecular weight is 645 g/mol. The first-order chi connectivity index (χ1) is 22.2. The lowest BCUT2D eigenvalue weighted by Crippen LogP contribution is -2.40. The lowest BCUT2D eigenvalue weighted by molar-refractivity contribution is -0.139. The molecule has 0 amide bonds. The van der Waals surface area contributed by atoms with Gasteiger partial charge in [0.15, 0.2) is 16.3 Å². The summed E-state index contributed by atoms with van der Waals surface area (Å²) in [4.78, 5) is 32.9. The zero-order valence-corrected chi connectivity index (χ0v) is 24.9. The SMILES string of the molecule is CCOC(=O)C1=C(c2ccccc2)N=c2s/c(=C/c3ccc(-c4cccc(C(F)(F)F)c4)o3)c(=O)n2C1c1ccc2c(c1)OCO2. The van der Waals surface area contributed by atoms with Gasteiger partial charge in [0.05, 0.1) is 34.0 Å². The summed E-state index contributed by atoms with van der Waals surface area (Å²) in [5.41, 5.74) is 0.767. The van der Waals surface area contributed by atoms with E-state index in [4.69, 9.17) is 23.6 Å². The quantitative estimate of drug-likeness (QED) is 0.213. The molecule has 0 saturated heterocycles. The van der Waals surface area contributed by atoms with Crippen molar-refractivity contribution in [1.29, 1.82) is 0 Å². The molecule has 0 spiro atoms. The van der Waals surface area contributed by atoms with Gasteiger partial charge in [0.1, 0.15) is 11.5 Å². The number of benzene rings is 3. The third kappa shape index (κ3) is 5.30. The Morgan fingerprint density at radius 1 is 1.00 bits per heavy atom. The average Bonchev–Trinajstić information content (AvgIpc) is 3.80. The van der Waals surface area contributed by atoms with Gasteiger partial charge in [0.25, 0.3) is 5.56 Å². The number of esters is 1. The molecule has 2 aliphatic rings. The third-order valence-corrected chi connectivity index (χ3v) is 8.44. The number of rotatable bonds is 6. The fraction of sp³-hybridized carbons (Fsp3) is 0.147. The van der Waals surface area contributed by atoms with Gasteiger partial charge in [0, 0.05) is 17.2 Å². The van der Waals surface area contributed by atoms with Crippen LogP contribution in [0.4, 0.5) is 13.2 Å². The number of thiazole rings is 1. The largest absolute Gasteiger partial charge is 0.463 e. The molecule has 1 atom stereocenters. The molecule has 5 aromatic rings. The van der Waals surface area contributed by atoms with Crippen LogP contribution in [0.3, 0.4) is 0 Å². The number of carbonyl (C=O) groups excluding carboxylic acids is 1. The molecule has 7 rings (SSSR count). The Kier molecular flexibility index (Phi) is 7.36. The summed E-state index contributed by atoms with van der Waals surface area (Å²) < 4.78 is 64.0. The maximum Gasteiger partial charge on any atom is 0.416 e. The van der Waals surface area contributed by atoms with Crippen molar-refractivity contribution in [3.63, 3.8) is 0 Å². The van der Waals surface area contributed by atoms with Crippen LogP contribution in [0.5, 0.6) is 11.5 Å². The molecule has 2 aliphatic heterocycles. The van der Waals surface area contributed by atoms with E-state index in [2.05, 4.69) is 0 Å². The zero-order chi connectivity index (χ0) is 32.0. The van der Waals surface area contributed by atoms with E-state index in [0.29, 0.717) is 33.1 Å². The molecule has 0 aliphatic carbocycles. The highest BCUT2D eigenvalue weighted by Gasteiger charge is 2.36. The van der Waals surface area contributed by atoms with Gasteiger partial charge in [-0.3, -0.25) is 9.36 Å². The van der Waals surface area contributed by atoms with Gasteiger partial charge in [0.2, 0.25) is 6.79 Å². The summed E-state index contributed by atoms with van der Waals surface area (Å²) >= 11 is 1.09. The Balaban J connectivity index is 1.40. The van der Waals surface area contributed by atoms with Gasteiger partial charge in [-0.1, -0.05) is 59.9 Å². The molecule has 4 heterocycles. The summed E-state index contributed by atoms with van der Waals surface area (Å²) in [6.07, 6.45) is -3.00. The molecule has 12 heteroatoms. The summed E-state index contributed by atoms with van der Waals surface area (Å²) in [5.74, 6) is 0.845. The number of ether oxygens (including phenoxy) is 3. The number of carbonyl (C=O) groups is 1. The second-order valence-electron chi connectivity index (χ2n) is 10.3.